The molecule has 1 saturated heterocycles. The largest absolute Gasteiger partial charge is 0.465 e. The number of halogens is 1. The number of hydrogen-bond acceptors (Lipinski definition) is 8. The summed E-state index contributed by atoms with van der Waals surface area (Å²) in [4.78, 5) is 27.1. The van der Waals surface area contributed by atoms with Crippen molar-refractivity contribution in [3.8, 4) is 6.07 Å². The number of thioether (sulfide) groups is 1. The SMILES string of the molecule is CCOC(=O)C(S/C(=C(/C#N)C(CCl)c1ccccc1)N1CCOCC1)C(=O)OCC. The number of ether oxygens (including phenoxy) is 3. The van der Waals surface area contributed by atoms with E-state index < -0.39 is 23.1 Å². The molecule has 0 saturated carbocycles. The van der Waals surface area contributed by atoms with Gasteiger partial charge in [-0.05, 0) is 19.4 Å². The number of nitrogens with zero attached hydrogens (tertiary/aromatic N) is 2. The first kappa shape index (κ1) is 25.1. The molecule has 1 heterocycles. The van der Waals surface area contributed by atoms with Crippen molar-refractivity contribution < 1.29 is 23.8 Å². The summed E-state index contributed by atoms with van der Waals surface area (Å²) in [5.74, 6) is -1.62. The standard InChI is InChI=1S/C22H27ClN2O5S/c1-3-29-21(26)19(22(27)30-4-2)31-20(25-10-12-28-13-11-25)18(15-24)17(14-23)16-8-6-5-7-9-16/h5-9,17,19H,3-4,10-14H2,1-2H3/b20-18-. The third-order valence-corrected chi connectivity index (χ3v) is 6.22. The summed E-state index contributed by atoms with van der Waals surface area (Å²) in [6.45, 7) is 5.60. The normalized spacial score (nSPS) is 15.6. The molecule has 1 aromatic rings. The van der Waals surface area contributed by atoms with Crippen molar-refractivity contribution in [2.45, 2.75) is 25.0 Å². The van der Waals surface area contributed by atoms with Crippen LogP contribution in [0.3, 0.4) is 0 Å². The van der Waals surface area contributed by atoms with E-state index in [9.17, 15) is 14.9 Å². The molecule has 0 aliphatic carbocycles. The quantitative estimate of drug-likeness (QED) is 0.224. The summed E-state index contributed by atoms with van der Waals surface area (Å²) >= 11 is 7.28. The minimum atomic E-state index is -1.24. The molecule has 7 nitrogen and oxygen atoms in total. The predicted molar refractivity (Wildman–Crippen MR) is 120 cm³/mol. The first-order valence-electron chi connectivity index (χ1n) is 10.1. The van der Waals surface area contributed by atoms with E-state index in [0.29, 0.717) is 36.9 Å². The van der Waals surface area contributed by atoms with E-state index in [1.165, 1.54) is 0 Å². The molecule has 0 amide bonds. The molecule has 0 aromatic heterocycles. The lowest BCUT2D eigenvalue weighted by Gasteiger charge is -2.33. The molecule has 0 N–H and O–H groups in total. The van der Waals surface area contributed by atoms with Gasteiger partial charge in [0.15, 0.2) is 0 Å². The Morgan fingerprint density at radius 2 is 1.74 bits per heavy atom. The number of benzene rings is 1. The van der Waals surface area contributed by atoms with Crippen molar-refractivity contribution in [1.29, 1.82) is 5.26 Å². The summed E-state index contributed by atoms with van der Waals surface area (Å²) < 4.78 is 15.7. The van der Waals surface area contributed by atoms with E-state index in [4.69, 9.17) is 25.8 Å². The van der Waals surface area contributed by atoms with Crippen molar-refractivity contribution in [3.05, 3.63) is 46.5 Å². The van der Waals surface area contributed by atoms with Crippen LogP contribution < -0.4 is 0 Å². The number of carbonyl (C=O) groups is 2. The predicted octanol–water partition coefficient (Wildman–Crippen LogP) is 3.30. The Balaban J connectivity index is 2.54. The van der Waals surface area contributed by atoms with E-state index in [-0.39, 0.29) is 19.1 Å². The van der Waals surface area contributed by atoms with E-state index in [1.54, 1.807) is 13.8 Å². The molecule has 31 heavy (non-hydrogen) atoms. The van der Waals surface area contributed by atoms with Gasteiger partial charge in [-0.25, -0.2) is 0 Å². The molecular formula is C22H27ClN2O5S. The van der Waals surface area contributed by atoms with Crippen molar-refractivity contribution in [3.63, 3.8) is 0 Å². The summed E-state index contributed by atoms with van der Waals surface area (Å²) in [5, 5.41) is 9.39. The Kier molecular flexibility index (Phi) is 10.7. The average molecular weight is 467 g/mol. The molecule has 0 spiro atoms. The molecule has 168 valence electrons. The van der Waals surface area contributed by atoms with Gasteiger partial charge in [-0.1, -0.05) is 42.1 Å². The number of morpholine rings is 1. The molecule has 0 bridgehead atoms. The molecule has 1 unspecified atom stereocenters. The maximum Gasteiger partial charge on any atom is 0.331 e. The zero-order valence-electron chi connectivity index (χ0n) is 17.7. The minimum Gasteiger partial charge on any atom is -0.465 e. The Bertz CT molecular complexity index is 788. The highest BCUT2D eigenvalue weighted by atomic mass is 35.5. The molecule has 2 rings (SSSR count). The number of esters is 2. The van der Waals surface area contributed by atoms with Gasteiger partial charge in [0.25, 0.3) is 0 Å². The van der Waals surface area contributed by atoms with E-state index in [0.717, 1.165) is 17.3 Å². The zero-order chi connectivity index (χ0) is 22.6. The second-order valence-corrected chi connectivity index (χ2v) is 7.95. The average Bonchev–Trinajstić information content (AvgIpc) is 2.80. The van der Waals surface area contributed by atoms with Crippen molar-refractivity contribution in [2.24, 2.45) is 0 Å². The fraction of sp³-hybridized carbons (Fsp3) is 0.500. The van der Waals surface area contributed by atoms with Gasteiger partial charge in [0.2, 0.25) is 5.25 Å². The van der Waals surface area contributed by atoms with Crippen molar-refractivity contribution in [2.75, 3.05) is 45.4 Å². The lowest BCUT2D eigenvalue weighted by atomic mass is 9.94. The van der Waals surface area contributed by atoms with Gasteiger partial charge in [-0.2, -0.15) is 5.26 Å². The third kappa shape index (κ3) is 6.89. The number of carbonyl (C=O) groups excluding carboxylic acids is 2. The summed E-state index contributed by atoms with van der Waals surface area (Å²) in [5.41, 5.74) is 1.27. The smallest absolute Gasteiger partial charge is 0.331 e. The molecule has 1 atom stereocenters. The topological polar surface area (TPSA) is 88.9 Å². The van der Waals surface area contributed by atoms with Crippen LogP contribution in [-0.2, 0) is 23.8 Å². The van der Waals surface area contributed by atoms with E-state index in [1.807, 2.05) is 35.2 Å². The fourth-order valence-corrected chi connectivity index (χ4v) is 4.64. The van der Waals surface area contributed by atoms with E-state index in [2.05, 4.69) is 6.07 Å². The first-order valence-corrected chi connectivity index (χ1v) is 11.6. The van der Waals surface area contributed by atoms with Gasteiger partial charge in [-0.3, -0.25) is 9.59 Å². The highest BCUT2D eigenvalue weighted by Gasteiger charge is 2.35. The van der Waals surface area contributed by atoms with Crippen LogP contribution in [0.15, 0.2) is 40.9 Å². The first-order chi connectivity index (χ1) is 15.1. The maximum atomic E-state index is 12.6. The van der Waals surface area contributed by atoms with Gasteiger partial charge in [0.05, 0.1) is 43.1 Å². The van der Waals surface area contributed by atoms with Gasteiger partial charge in [0, 0.05) is 24.9 Å². The fourth-order valence-electron chi connectivity index (χ4n) is 3.11. The lowest BCUT2D eigenvalue weighted by Crippen LogP contribution is -2.38. The van der Waals surface area contributed by atoms with Gasteiger partial charge >= 0.3 is 11.9 Å². The molecule has 1 aliphatic heterocycles. The van der Waals surface area contributed by atoms with Crippen molar-refractivity contribution >= 4 is 35.3 Å². The monoisotopic (exact) mass is 466 g/mol. The Morgan fingerprint density at radius 3 is 2.23 bits per heavy atom. The van der Waals surface area contributed by atoms with Crippen LogP contribution in [-0.4, -0.2) is 67.5 Å². The van der Waals surface area contributed by atoms with Crippen LogP contribution in [0.25, 0.3) is 0 Å². The Hall–Kier alpha value is -2.21. The van der Waals surface area contributed by atoms with Crippen LogP contribution in [0, 0.1) is 11.3 Å². The van der Waals surface area contributed by atoms with E-state index >= 15 is 0 Å². The third-order valence-electron chi connectivity index (χ3n) is 4.58. The minimum absolute atomic E-state index is 0.130. The molecule has 1 aliphatic rings. The van der Waals surface area contributed by atoms with Crippen LogP contribution >= 0.6 is 23.4 Å². The zero-order valence-corrected chi connectivity index (χ0v) is 19.3. The van der Waals surface area contributed by atoms with Crippen molar-refractivity contribution in [1.82, 2.24) is 4.90 Å². The number of alkyl halides is 1. The molecule has 0 radical (unpaired) electrons. The van der Waals surface area contributed by atoms with Crippen LogP contribution in [0.1, 0.15) is 25.3 Å². The number of nitriles is 1. The second kappa shape index (κ2) is 13.3. The molecule has 9 heteroatoms. The van der Waals surface area contributed by atoms with Crippen LogP contribution in [0.5, 0.6) is 0 Å². The molecule has 1 fully saturated rings. The van der Waals surface area contributed by atoms with Gasteiger partial charge in [-0.15, -0.1) is 11.6 Å². The van der Waals surface area contributed by atoms with Crippen LogP contribution in [0.2, 0.25) is 0 Å². The number of hydrogen-bond donors (Lipinski definition) is 0. The summed E-state index contributed by atoms with van der Waals surface area (Å²) in [6, 6.07) is 11.7. The lowest BCUT2D eigenvalue weighted by molar-refractivity contribution is -0.152. The summed E-state index contributed by atoms with van der Waals surface area (Å²) in [7, 11) is 0. The van der Waals surface area contributed by atoms with Crippen LogP contribution in [0.4, 0.5) is 0 Å². The van der Waals surface area contributed by atoms with Gasteiger partial charge in [0.1, 0.15) is 0 Å². The number of allylic oxidation sites excluding steroid dienone is 1. The highest BCUT2D eigenvalue weighted by molar-refractivity contribution is 8.05. The molecule has 1 aromatic carbocycles. The Labute approximate surface area is 192 Å². The molecular weight excluding hydrogens is 440 g/mol. The maximum absolute atomic E-state index is 12.6. The summed E-state index contributed by atoms with van der Waals surface area (Å²) in [6.07, 6.45) is 0. The second-order valence-electron chi connectivity index (χ2n) is 6.55. The highest BCUT2D eigenvalue weighted by Crippen LogP contribution is 2.37. The Morgan fingerprint density at radius 1 is 1.16 bits per heavy atom. The van der Waals surface area contributed by atoms with Gasteiger partial charge < -0.3 is 19.1 Å². The number of rotatable bonds is 10.